The van der Waals surface area contributed by atoms with Crippen molar-refractivity contribution in [3.8, 4) is 0 Å². The Bertz CT molecular complexity index is 329. The summed E-state index contributed by atoms with van der Waals surface area (Å²) in [4.78, 5) is 13.4. The van der Waals surface area contributed by atoms with E-state index in [9.17, 15) is 4.79 Å². The van der Waals surface area contributed by atoms with Crippen molar-refractivity contribution in [3.05, 3.63) is 0 Å². The van der Waals surface area contributed by atoms with Gasteiger partial charge >= 0.3 is 5.97 Å². The maximum atomic E-state index is 10.9. The Hall–Kier alpha value is -0.610. The van der Waals surface area contributed by atoms with E-state index in [-0.39, 0.29) is 0 Å². The van der Waals surface area contributed by atoms with Gasteiger partial charge in [0.1, 0.15) is 0 Å². The van der Waals surface area contributed by atoms with Crippen LogP contribution in [0.4, 0.5) is 0 Å². The van der Waals surface area contributed by atoms with Crippen molar-refractivity contribution in [2.75, 3.05) is 19.6 Å². The summed E-state index contributed by atoms with van der Waals surface area (Å²) < 4.78 is 0. The molecule has 2 aliphatic rings. The molecule has 0 bridgehead atoms. The number of piperidine rings is 1. The molecular formula is C18H34N2O2. The molecule has 0 aromatic carbocycles. The number of carboxylic acid groups (broad SMARTS) is 1. The van der Waals surface area contributed by atoms with Crippen LogP contribution in [0.25, 0.3) is 0 Å². The van der Waals surface area contributed by atoms with Crippen molar-refractivity contribution in [1.82, 2.24) is 10.2 Å². The predicted molar refractivity (Wildman–Crippen MR) is 90.1 cm³/mol. The van der Waals surface area contributed by atoms with Crippen LogP contribution in [0.15, 0.2) is 0 Å². The SMILES string of the molecule is CCCCN1CC(CCC(=O)O)CC(NC2CCCCC2)C1. The highest BCUT2D eigenvalue weighted by atomic mass is 16.4. The number of aliphatic carboxylic acids is 1. The predicted octanol–water partition coefficient (Wildman–Crippen LogP) is 3.26. The van der Waals surface area contributed by atoms with Gasteiger partial charge in [-0.3, -0.25) is 4.79 Å². The fraction of sp³-hybridized carbons (Fsp3) is 0.944. The summed E-state index contributed by atoms with van der Waals surface area (Å²) in [7, 11) is 0. The van der Waals surface area contributed by atoms with E-state index in [1.165, 1.54) is 51.5 Å². The third-order valence-electron chi connectivity index (χ3n) is 5.28. The first-order chi connectivity index (χ1) is 10.7. The maximum absolute atomic E-state index is 10.9. The molecule has 4 heteroatoms. The van der Waals surface area contributed by atoms with Gasteiger partial charge in [0.05, 0.1) is 0 Å². The summed E-state index contributed by atoms with van der Waals surface area (Å²) >= 11 is 0. The molecule has 2 atom stereocenters. The van der Waals surface area contributed by atoms with Crippen LogP contribution in [-0.2, 0) is 4.79 Å². The second kappa shape index (κ2) is 9.51. The summed E-state index contributed by atoms with van der Waals surface area (Å²) in [5, 5.41) is 12.8. The Labute approximate surface area is 135 Å². The summed E-state index contributed by atoms with van der Waals surface area (Å²) in [5.41, 5.74) is 0. The summed E-state index contributed by atoms with van der Waals surface area (Å²) in [5.74, 6) is -0.106. The van der Waals surface area contributed by atoms with Crippen molar-refractivity contribution in [2.24, 2.45) is 5.92 Å². The molecule has 0 spiro atoms. The number of unbranched alkanes of at least 4 members (excludes halogenated alkanes) is 1. The molecule has 4 nitrogen and oxygen atoms in total. The van der Waals surface area contributed by atoms with Gasteiger partial charge in [0, 0.05) is 31.6 Å². The molecule has 0 amide bonds. The molecule has 0 aromatic rings. The first kappa shape index (κ1) is 17.7. The lowest BCUT2D eigenvalue weighted by molar-refractivity contribution is -0.137. The van der Waals surface area contributed by atoms with Gasteiger partial charge in [-0.05, 0) is 44.6 Å². The Morgan fingerprint density at radius 3 is 2.64 bits per heavy atom. The van der Waals surface area contributed by atoms with Gasteiger partial charge in [-0.2, -0.15) is 0 Å². The van der Waals surface area contributed by atoms with Gasteiger partial charge in [-0.15, -0.1) is 0 Å². The lowest BCUT2D eigenvalue weighted by atomic mass is 9.88. The number of likely N-dealkylation sites (tertiary alicyclic amines) is 1. The number of hydrogen-bond acceptors (Lipinski definition) is 3. The fourth-order valence-corrected chi connectivity index (χ4v) is 4.13. The quantitative estimate of drug-likeness (QED) is 0.722. The van der Waals surface area contributed by atoms with Crippen LogP contribution in [-0.4, -0.2) is 47.7 Å². The van der Waals surface area contributed by atoms with Crippen LogP contribution < -0.4 is 5.32 Å². The van der Waals surface area contributed by atoms with Crippen molar-refractivity contribution in [1.29, 1.82) is 0 Å². The third-order valence-corrected chi connectivity index (χ3v) is 5.28. The van der Waals surface area contributed by atoms with Gasteiger partial charge in [0.2, 0.25) is 0 Å². The Kier molecular flexibility index (Phi) is 7.67. The molecule has 2 N–H and O–H groups in total. The van der Waals surface area contributed by atoms with Gasteiger partial charge in [0.15, 0.2) is 0 Å². The topological polar surface area (TPSA) is 52.6 Å². The molecule has 2 fully saturated rings. The van der Waals surface area contributed by atoms with E-state index in [0.29, 0.717) is 24.4 Å². The molecule has 0 aromatic heterocycles. The van der Waals surface area contributed by atoms with Gasteiger partial charge in [0.25, 0.3) is 0 Å². The summed E-state index contributed by atoms with van der Waals surface area (Å²) in [6.07, 6.45) is 11.6. The van der Waals surface area contributed by atoms with Crippen LogP contribution in [0.5, 0.6) is 0 Å². The van der Waals surface area contributed by atoms with Crippen molar-refractivity contribution in [3.63, 3.8) is 0 Å². The van der Waals surface area contributed by atoms with Crippen LogP contribution in [0.1, 0.15) is 71.1 Å². The van der Waals surface area contributed by atoms with Gasteiger partial charge in [-0.1, -0.05) is 32.6 Å². The van der Waals surface area contributed by atoms with E-state index in [1.807, 2.05) is 0 Å². The number of rotatable bonds is 8. The normalized spacial score (nSPS) is 27.9. The largest absolute Gasteiger partial charge is 0.481 e. The Balaban J connectivity index is 1.84. The zero-order valence-electron chi connectivity index (χ0n) is 14.2. The smallest absolute Gasteiger partial charge is 0.303 e. The first-order valence-corrected chi connectivity index (χ1v) is 9.37. The minimum absolute atomic E-state index is 0.322. The van der Waals surface area contributed by atoms with Gasteiger partial charge < -0.3 is 15.3 Å². The molecule has 1 saturated heterocycles. The zero-order chi connectivity index (χ0) is 15.8. The summed E-state index contributed by atoms with van der Waals surface area (Å²) in [6, 6.07) is 1.26. The Morgan fingerprint density at radius 1 is 1.18 bits per heavy atom. The monoisotopic (exact) mass is 310 g/mol. The standard InChI is InChI=1S/C18H34N2O2/c1-2-3-11-20-13-15(9-10-18(21)22)12-17(14-20)19-16-7-5-4-6-8-16/h15-17,19H,2-14H2,1H3,(H,21,22). The number of nitrogens with one attached hydrogen (secondary N) is 1. The van der Waals surface area contributed by atoms with E-state index in [4.69, 9.17) is 5.11 Å². The molecule has 2 rings (SSSR count). The Morgan fingerprint density at radius 2 is 1.95 bits per heavy atom. The fourth-order valence-electron chi connectivity index (χ4n) is 4.13. The second-order valence-electron chi connectivity index (χ2n) is 7.35. The van der Waals surface area contributed by atoms with E-state index >= 15 is 0 Å². The van der Waals surface area contributed by atoms with Crippen molar-refractivity contribution in [2.45, 2.75) is 83.2 Å². The highest BCUT2D eigenvalue weighted by Crippen LogP contribution is 2.24. The minimum atomic E-state index is -0.650. The number of carbonyl (C=O) groups is 1. The molecule has 0 radical (unpaired) electrons. The van der Waals surface area contributed by atoms with Crippen LogP contribution in [0.2, 0.25) is 0 Å². The second-order valence-corrected chi connectivity index (χ2v) is 7.35. The number of hydrogen-bond donors (Lipinski definition) is 2. The van der Waals surface area contributed by atoms with Gasteiger partial charge in [-0.25, -0.2) is 0 Å². The average Bonchev–Trinajstić information content (AvgIpc) is 2.52. The van der Waals surface area contributed by atoms with E-state index in [1.54, 1.807) is 0 Å². The summed E-state index contributed by atoms with van der Waals surface area (Å²) in [6.45, 7) is 5.66. The average molecular weight is 310 g/mol. The molecule has 1 saturated carbocycles. The lowest BCUT2D eigenvalue weighted by Crippen LogP contribution is -2.52. The molecule has 1 aliphatic heterocycles. The van der Waals surface area contributed by atoms with E-state index in [2.05, 4.69) is 17.1 Å². The van der Waals surface area contributed by atoms with Crippen molar-refractivity contribution < 1.29 is 9.90 Å². The highest BCUT2D eigenvalue weighted by molar-refractivity contribution is 5.66. The van der Waals surface area contributed by atoms with Crippen LogP contribution >= 0.6 is 0 Å². The maximum Gasteiger partial charge on any atom is 0.303 e. The number of carboxylic acids is 1. The molecule has 1 aliphatic carbocycles. The highest BCUT2D eigenvalue weighted by Gasteiger charge is 2.28. The molecule has 2 unspecified atom stereocenters. The van der Waals surface area contributed by atoms with Crippen molar-refractivity contribution >= 4 is 5.97 Å². The minimum Gasteiger partial charge on any atom is -0.481 e. The number of nitrogens with zero attached hydrogens (tertiary/aromatic N) is 1. The third kappa shape index (κ3) is 6.25. The van der Waals surface area contributed by atoms with E-state index < -0.39 is 5.97 Å². The van der Waals surface area contributed by atoms with E-state index in [0.717, 1.165) is 25.9 Å². The first-order valence-electron chi connectivity index (χ1n) is 9.37. The molecule has 128 valence electrons. The van der Waals surface area contributed by atoms with Crippen LogP contribution in [0.3, 0.4) is 0 Å². The van der Waals surface area contributed by atoms with Crippen LogP contribution in [0, 0.1) is 5.92 Å². The lowest BCUT2D eigenvalue weighted by Gasteiger charge is -2.40. The molecule has 1 heterocycles. The molecule has 22 heavy (non-hydrogen) atoms. The molecular weight excluding hydrogens is 276 g/mol. The zero-order valence-corrected chi connectivity index (χ0v) is 14.2.